The lowest BCUT2D eigenvalue weighted by molar-refractivity contribution is -0.384. The Kier molecular flexibility index (Phi) is 4.40. The Balaban J connectivity index is 2.47. The van der Waals surface area contributed by atoms with Crippen LogP contribution >= 0.6 is 0 Å². The molecule has 0 saturated carbocycles. The van der Waals surface area contributed by atoms with Crippen molar-refractivity contribution in [3.05, 3.63) is 51.2 Å². The number of allylic oxidation sites excluding steroid dienone is 1. The summed E-state index contributed by atoms with van der Waals surface area (Å²) in [6.45, 7) is 1.80. The number of amides is 2. The molecule has 2 amide bonds. The van der Waals surface area contributed by atoms with Crippen molar-refractivity contribution in [1.29, 1.82) is 0 Å². The number of nitrogens with zero attached hydrogens (tertiary/aromatic N) is 1. The van der Waals surface area contributed by atoms with Crippen molar-refractivity contribution in [1.82, 2.24) is 10.6 Å². The molecular formula is C14H15N3O5. The number of nitro benzene ring substituents is 1. The highest BCUT2D eigenvalue weighted by atomic mass is 16.6. The van der Waals surface area contributed by atoms with Crippen molar-refractivity contribution < 1.29 is 19.2 Å². The molecule has 1 atom stereocenters. The number of hydrogen-bond acceptors (Lipinski definition) is 5. The Morgan fingerprint density at radius 3 is 2.50 bits per heavy atom. The maximum atomic E-state index is 12.0. The van der Waals surface area contributed by atoms with Crippen LogP contribution in [-0.2, 0) is 9.53 Å². The number of carbonyl (C=O) groups excluding carboxylic acids is 2. The van der Waals surface area contributed by atoms with Crippen LogP contribution in [0.15, 0.2) is 35.5 Å². The molecule has 0 aromatic heterocycles. The molecule has 0 bridgehead atoms. The zero-order valence-corrected chi connectivity index (χ0v) is 12.1. The molecule has 8 heteroatoms. The SMILES string of the molecule is CCC1=C(C(=O)OC)C(c2ccc([N+](=O)[O-])cc2)NC(=O)N1. The van der Waals surface area contributed by atoms with E-state index in [0.29, 0.717) is 23.3 Å². The average molecular weight is 305 g/mol. The Hall–Kier alpha value is -2.90. The van der Waals surface area contributed by atoms with Crippen molar-refractivity contribution in [2.75, 3.05) is 7.11 Å². The minimum Gasteiger partial charge on any atom is -0.466 e. The number of nitrogens with one attached hydrogen (secondary N) is 2. The Labute approximate surface area is 126 Å². The molecule has 2 rings (SSSR count). The molecule has 0 radical (unpaired) electrons. The quantitative estimate of drug-likeness (QED) is 0.500. The molecule has 1 unspecified atom stereocenters. The molecule has 0 fully saturated rings. The second kappa shape index (κ2) is 6.25. The number of hydrogen-bond donors (Lipinski definition) is 2. The summed E-state index contributed by atoms with van der Waals surface area (Å²) in [5.74, 6) is -0.562. The first kappa shape index (κ1) is 15.5. The fourth-order valence-corrected chi connectivity index (χ4v) is 2.29. The van der Waals surface area contributed by atoms with E-state index in [0.717, 1.165) is 0 Å². The van der Waals surface area contributed by atoms with Crippen LogP contribution in [0.25, 0.3) is 0 Å². The minimum absolute atomic E-state index is 0.0664. The summed E-state index contributed by atoms with van der Waals surface area (Å²) in [7, 11) is 1.26. The van der Waals surface area contributed by atoms with Crippen molar-refractivity contribution in [3.8, 4) is 0 Å². The van der Waals surface area contributed by atoms with Gasteiger partial charge in [-0.05, 0) is 24.1 Å². The first-order valence-electron chi connectivity index (χ1n) is 6.61. The van der Waals surface area contributed by atoms with Crippen LogP contribution in [0.1, 0.15) is 24.9 Å². The normalized spacial score (nSPS) is 17.5. The lowest BCUT2D eigenvalue weighted by Gasteiger charge is -2.28. The second-order valence-electron chi connectivity index (χ2n) is 4.62. The first-order valence-corrected chi connectivity index (χ1v) is 6.61. The lowest BCUT2D eigenvalue weighted by Crippen LogP contribution is -2.45. The monoisotopic (exact) mass is 305 g/mol. The van der Waals surface area contributed by atoms with Gasteiger partial charge in [-0.15, -0.1) is 0 Å². The summed E-state index contributed by atoms with van der Waals surface area (Å²) in [6.07, 6.45) is 0.446. The van der Waals surface area contributed by atoms with E-state index in [2.05, 4.69) is 10.6 Å². The zero-order chi connectivity index (χ0) is 16.3. The smallest absolute Gasteiger partial charge is 0.337 e. The van der Waals surface area contributed by atoms with Gasteiger partial charge >= 0.3 is 12.0 Å². The number of carbonyl (C=O) groups is 2. The summed E-state index contributed by atoms with van der Waals surface area (Å²) in [5.41, 5.74) is 1.26. The fourth-order valence-electron chi connectivity index (χ4n) is 2.29. The summed E-state index contributed by atoms with van der Waals surface area (Å²) in [6, 6.07) is 4.51. The third-order valence-corrected chi connectivity index (χ3v) is 3.35. The van der Waals surface area contributed by atoms with Gasteiger partial charge in [0.1, 0.15) is 0 Å². The number of methoxy groups -OCH3 is 1. The molecule has 116 valence electrons. The summed E-state index contributed by atoms with van der Waals surface area (Å²) < 4.78 is 4.77. The molecule has 0 saturated heterocycles. The van der Waals surface area contributed by atoms with Crippen LogP contribution in [0.3, 0.4) is 0 Å². The summed E-state index contributed by atoms with van der Waals surface area (Å²) in [5, 5.41) is 15.9. The third kappa shape index (κ3) is 2.90. The molecule has 22 heavy (non-hydrogen) atoms. The van der Waals surface area contributed by atoms with Gasteiger partial charge < -0.3 is 15.4 Å². The van der Waals surface area contributed by atoms with Gasteiger partial charge in [0.25, 0.3) is 5.69 Å². The number of non-ortho nitro benzene ring substituents is 1. The number of nitro groups is 1. The highest BCUT2D eigenvalue weighted by Crippen LogP contribution is 2.29. The summed E-state index contributed by atoms with van der Waals surface area (Å²) >= 11 is 0. The van der Waals surface area contributed by atoms with E-state index in [4.69, 9.17) is 4.74 Å². The molecule has 1 aromatic carbocycles. The van der Waals surface area contributed by atoms with Crippen LogP contribution < -0.4 is 10.6 Å². The van der Waals surface area contributed by atoms with E-state index < -0.39 is 23.0 Å². The van der Waals surface area contributed by atoms with Gasteiger partial charge in [0.2, 0.25) is 0 Å². The largest absolute Gasteiger partial charge is 0.466 e. The number of urea groups is 1. The predicted octanol–water partition coefficient (Wildman–Crippen LogP) is 1.79. The van der Waals surface area contributed by atoms with Gasteiger partial charge in [0.05, 0.1) is 23.6 Å². The standard InChI is InChI=1S/C14H15N3O5/c1-3-10-11(13(18)22-2)12(16-14(19)15-10)8-4-6-9(7-5-8)17(20)21/h4-7,12H,3H2,1-2H3,(H2,15,16,19). The average Bonchev–Trinajstić information content (AvgIpc) is 2.53. The van der Waals surface area contributed by atoms with Crippen molar-refractivity contribution >= 4 is 17.7 Å². The molecule has 1 aliphatic heterocycles. The van der Waals surface area contributed by atoms with Crippen LogP contribution in [-0.4, -0.2) is 24.0 Å². The zero-order valence-electron chi connectivity index (χ0n) is 12.1. The molecule has 0 spiro atoms. The van der Waals surface area contributed by atoms with Gasteiger partial charge in [0, 0.05) is 17.8 Å². The second-order valence-corrected chi connectivity index (χ2v) is 4.62. The number of esters is 1. The Morgan fingerprint density at radius 1 is 1.36 bits per heavy atom. The number of rotatable bonds is 4. The van der Waals surface area contributed by atoms with E-state index in [9.17, 15) is 19.7 Å². The fraction of sp³-hybridized carbons (Fsp3) is 0.286. The number of benzene rings is 1. The van der Waals surface area contributed by atoms with Crippen molar-refractivity contribution in [3.63, 3.8) is 0 Å². The summed E-state index contributed by atoms with van der Waals surface area (Å²) in [4.78, 5) is 33.9. The topological polar surface area (TPSA) is 111 Å². The first-order chi connectivity index (χ1) is 10.5. The van der Waals surface area contributed by atoms with Crippen LogP contribution in [0.4, 0.5) is 10.5 Å². The van der Waals surface area contributed by atoms with Crippen molar-refractivity contribution in [2.24, 2.45) is 0 Å². The molecule has 1 aromatic rings. The van der Waals surface area contributed by atoms with E-state index in [1.807, 2.05) is 0 Å². The van der Waals surface area contributed by atoms with Gasteiger partial charge in [-0.3, -0.25) is 10.1 Å². The van der Waals surface area contributed by atoms with Crippen LogP contribution in [0.2, 0.25) is 0 Å². The highest BCUT2D eigenvalue weighted by molar-refractivity contribution is 5.95. The Morgan fingerprint density at radius 2 is 2.00 bits per heavy atom. The Bertz CT molecular complexity index is 651. The molecule has 2 N–H and O–H groups in total. The van der Waals surface area contributed by atoms with Gasteiger partial charge in [-0.2, -0.15) is 0 Å². The molecular weight excluding hydrogens is 290 g/mol. The lowest BCUT2D eigenvalue weighted by atomic mass is 9.94. The predicted molar refractivity (Wildman–Crippen MR) is 76.8 cm³/mol. The minimum atomic E-state index is -0.711. The van der Waals surface area contributed by atoms with E-state index in [1.165, 1.54) is 31.4 Å². The molecule has 0 aliphatic carbocycles. The van der Waals surface area contributed by atoms with E-state index in [1.54, 1.807) is 6.92 Å². The molecule has 8 nitrogen and oxygen atoms in total. The van der Waals surface area contributed by atoms with Crippen molar-refractivity contribution in [2.45, 2.75) is 19.4 Å². The van der Waals surface area contributed by atoms with Crippen LogP contribution in [0.5, 0.6) is 0 Å². The molecule has 1 aliphatic rings. The van der Waals surface area contributed by atoms with Gasteiger partial charge in [-0.1, -0.05) is 6.92 Å². The maximum Gasteiger partial charge on any atom is 0.337 e. The van der Waals surface area contributed by atoms with E-state index >= 15 is 0 Å². The third-order valence-electron chi connectivity index (χ3n) is 3.35. The van der Waals surface area contributed by atoms with Gasteiger partial charge in [-0.25, -0.2) is 9.59 Å². The van der Waals surface area contributed by atoms with Gasteiger partial charge in [0.15, 0.2) is 0 Å². The maximum absolute atomic E-state index is 12.0. The van der Waals surface area contributed by atoms with Crippen LogP contribution in [0, 0.1) is 10.1 Å². The number of ether oxygens (including phenoxy) is 1. The van der Waals surface area contributed by atoms with E-state index in [-0.39, 0.29) is 5.69 Å². The molecule has 1 heterocycles. The highest BCUT2D eigenvalue weighted by Gasteiger charge is 2.32.